The molecule has 0 radical (unpaired) electrons. The first-order valence-corrected chi connectivity index (χ1v) is 8.76. The fourth-order valence-electron chi connectivity index (χ4n) is 2.27. The van der Waals surface area contributed by atoms with Crippen molar-refractivity contribution < 1.29 is 13.2 Å². The molecule has 1 aromatic carbocycles. The summed E-state index contributed by atoms with van der Waals surface area (Å²) in [4.78, 5) is 12.2. The van der Waals surface area contributed by atoms with Crippen molar-refractivity contribution in [1.29, 1.82) is 0 Å². The average molecular weight is 322 g/mol. The zero-order valence-corrected chi connectivity index (χ0v) is 12.9. The normalized spacial score (nSPS) is 19.7. The van der Waals surface area contributed by atoms with Gasteiger partial charge in [0.2, 0.25) is 5.91 Å². The second-order valence-corrected chi connectivity index (χ2v) is 7.87. The van der Waals surface area contributed by atoms with Crippen LogP contribution in [0.15, 0.2) is 46.0 Å². The highest BCUT2D eigenvalue weighted by molar-refractivity contribution is 7.91. The second-order valence-electron chi connectivity index (χ2n) is 4.80. The Bertz CT molecular complexity index is 769. The summed E-state index contributed by atoms with van der Waals surface area (Å²) in [6.45, 7) is 1.78. The number of para-hydroxylation sites is 1. The Hall–Kier alpha value is -1.70. The zero-order valence-electron chi connectivity index (χ0n) is 11.3. The molecule has 1 unspecified atom stereocenters. The molecule has 1 aliphatic heterocycles. The van der Waals surface area contributed by atoms with Crippen molar-refractivity contribution in [2.75, 3.05) is 5.32 Å². The van der Waals surface area contributed by atoms with Gasteiger partial charge in [-0.15, -0.1) is 11.3 Å². The van der Waals surface area contributed by atoms with Crippen LogP contribution in [0.1, 0.15) is 12.5 Å². The third-order valence-electron chi connectivity index (χ3n) is 3.47. The number of nitrogens with one attached hydrogen (secondary N) is 1. The molecule has 0 saturated carbocycles. The van der Waals surface area contributed by atoms with Gasteiger partial charge in [0.25, 0.3) is 10.0 Å². The number of hydrogen-bond donors (Lipinski definition) is 1. The number of hydrogen-bond acceptors (Lipinski definition) is 4. The first kappa shape index (κ1) is 14.2. The Labute approximate surface area is 127 Å². The second kappa shape index (κ2) is 5.25. The fraction of sp³-hybridized carbons (Fsp3) is 0.214. The summed E-state index contributed by atoms with van der Waals surface area (Å²) in [6, 6.07) is 9.73. The lowest BCUT2D eigenvalue weighted by molar-refractivity contribution is -0.119. The van der Waals surface area contributed by atoms with Gasteiger partial charge in [0, 0.05) is 12.2 Å². The topological polar surface area (TPSA) is 66.5 Å². The first-order valence-electron chi connectivity index (χ1n) is 6.44. The van der Waals surface area contributed by atoms with Gasteiger partial charge in [0.1, 0.15) is 10.3 Å². The van der Waals surface area contributed by atoms with Gasteiger partial charge in [-0.05, 0) is 30.0 Å². The summed E-state index contributed by atoms with van der Waals surface area (Å²) in [6.07, 6.45) is 0. The fourth-order valence-corrected chi connectivity index (χ4v) is 4.96. The third kappa shape index (κ3) is 2.48. The molecule has 1 aliphatic rings. The van der Waals surface area contributed by atoms with Crippen molar-refractivity contribution in [3.63, 3.8) is 0 Å². The Morgan fingerprint density at radius 1 is 1.24 bits per heavy atom. The molecule has 0 bridgehead atoms. The molecule has 1 N–H and O–H groups in total. The van der Waals surface area contributed by atoms with Crippen LogP contribution in [0.3, 0.4) is 0 Å². The molecular weight excluding hydrogens is 308 g/mol. The summed E-state index contributed by atoms with van der Waals surface area (Å²) in [5, 5.41) is 4.49. The zero-order chi connectivity index (χ0) is 15.0. The van der Waals surface area contributed by atoms with Crippen LogP contribution in [0.5, 0.6) is 0 Å². The average Bonchev–Trinajstić information content (AvgIpc) is 2.96. The number of carbonyl (C=O) groups is 1. The van der Waals surface area contributed by atoms with Crippen LogP contribution in [0.25, 0.3) is 0 Å². The quantitative estimate of drug-likeness (QED) is 0.922. The molecule has 1 atom stereocenters. The number of carbonyl (C=O) groups excluding carboxylic acids is 1. The molecule has 1 amide bonds. The number of benzene rings is 1. The van der Waals surface area contributed by atoms with Gasteiger partial charge in [0.15, 0.2) is 0 Å². The van der Waals surface area contributed by atoms with Gasteiger partial charge >= 0.3 is 0 Å². The predicted octanol–water partition coefficient (Wildman–Crippen LogP) is 2.28. The van der Waals surface area contributed by atoms with Gasteiger partial charge in [-0.3, -0.25) is 4.79 Å². The molecule has 7 heteroatoms. The van der Waals surface area contributed by atoms with Crippen molar-refractivity contribution in [2.45, 2.75) is 23.7 Å². The summed E-state index contributed by atoms with van der Waals surface area (Å²) >= 11 is 1.15. The van der Waals surface area contributed by atoms with E-state index in [2.05, 4.69) is 5.32 Å². The van der Waals surface area contributed by atoms with Crippen molar-refractivity contribution in [1.82, 2.24) is 4.31 Å². The van der Waals surface area contributed by atoms with Crippen LogP contribution in [0, 0.1) is 0 Å². The maximum absolute atomic E-state index is 12.7. The molecule has 0 spiro atoms. The van der Waals surface area contributed by atoms with Crippen LogP contribution in [0.4, 0.5) is 5.69 Å². The van der Waals surface area contributed by atoms with Crippen molar-refractivity contribution >= 4 is 33.0 Å². The molecule has 0 saturated heterocycles. The lowest BCUT2D eigenvalue weighted by atomic mass is 10.2. The molecule has 110 valence electrons. The van der Waals surface area contributed by atoms with E-state index in [1.165, 1.54) is 4.31 Å². The lowest BCUT2D eigenvalue weighted by Gasteiger charge is -2.24. The molecular formula is C14H14N2O3S2. The third-order valence-corrected chi connectivity index (χ3v) is 6.76. The molecule has 0 fully saturated rings. The molecule has 21 heavy (non-hydrogen) atoms. The van der Waals surface area contributed by atoms with Crippen LogP contribution in [0.2, 0.25) is 0 Å². The minimum Gasteiger partial charge on any atom is -0.324 e. The molecule has 2 heterocycles. The largest absolute Gasteiger partial charge is 0.324 e. The molecule has 0 aliphatic carbocycles. The van der Waals surface area contributed by atoms with E-state index in [0.29, 0.717) is 5.69 Å². The van der Waals surface area contributed by atoms with Gasteiger partial charge in [-0.1, -0.05) is 24.3 Å². The van der Waals surface area contributed by atoms with E-state index in [1.54, 1.807) is 30.5 Å². The van der Waals surface area contributed by atoms with E-state index in [1.807, 2.05) is 18.2 Å². The monoisotopic (exact) mass is 322 g/mol. The Morgan fingerprint density at radius 3 is 2.71 bits per heavy atom. The number of sulfonamides is 1. The van der Waals surface area contributed by atoms with E-state index in [-0.39, 0.29) is 16.7 Å². The van der Waals surface area contributed by atoms with Crippen LogP contribution in [-0.2, 0) is 21.4 Å². The minimum atomic E-state index is -3.68. The van der Waals surface area contributed by atoms with Crippen molar-refractivity contribution in [2.24, 2.45) is 0 Å². The Kier molecular flexibility index (Phi) is 3.56. The van der Waals surface area contributed by atoms with Crippen LogP contribution in [-0.4, -0.2) is 24.7 Å². The SMILES string of the molecule is CC1C(=O)Nc2ccccc2CN1S(=O)(=O)c1cccs1. The standard InChI is InChI=1S/C14H14N2O3S2/c1-10-14(17)15-12-6-3-2-5-11(12)9-16(10)21(18,19)13-7-4-8-20-13/h2-8,10H,9H2,1H3,(H,15,17). The Balaban J connectivity index is 2.08. The van der Waals surface area contributed by atoms with Gasteiger partial charge in [0.05, 0.1) is 0 Å². The molecule has 1 aromatic heterocycles. The highest BCUT2D eigenvalue weighted by atomic mass is 32.2. The van der Waals surface area contributed by atoms with Gasteiger partial charge in [-0.2, -0.15) is 4.31 Å². The maximum atomic E-state index is 12.7. The number of anilines is 1. The Morgan fingerprint density at radius 2 is 2.00 bits per heavy atom. The predicted molar refractivity (Wildman–Crippen MR) is 81.6 cm³/mol. The lowest BCUT2D eigenvalue weighted by Crippen LogP contribution is -2.42. The number of nitrogens with zero attached hydrogens (tertiary/aromatic N) is 1. The van der Waals surface area contributed by atoms with E-state index in [9.17, 15) is 13.2 Å². The van der Waals surface area contributed by atoms with E-state index < -0.39 is 16.1 Å². The van der Waals surface area contributed by atoms with Gasteiger partial charge in [-0.25, -0.2) is 8.42 Å². The smallest absolute Gasteiger partial charge is 0.253 e. The van der Waals surface area contributed by atoms with Crippen molar-refractivity contribution in [3.8, 4) is 0 Å². The molecule has 2 aromatic rings. The summed E-state index contributed by atoms with van der Waals surface area (Å²) in [5.74, 6) is -0.319. The van der Waals surface area contributed by atoms with E-state index >= 15 is 0 Å². The molecule has 5 nitrogen and oxygen atoms in total. The van der Waals surface area contributed by atoms with Gasteiger partial charge < -0.3 is 5.32 Å². The van der Waals surface area contributed by atoms with Crippen LogP contribution < -0.4 is 5.32 Å². The highest BCUT2D eigenvalue weighted by Crippen LogP contribution is 2.29. The summed E-state index contributed by atoms with van der Waals surface area (Å²) in [5.41, 5.74) is 1.45. The number of rotatable bonds is 2. The molecule has 3 rings (SSSR count). The number of thiophene rings is 1. The van der Waals surface area contributed by atoms with Crippen LogP contribution >= 0.6 is 11.3 Å². The highest BCUT2D eigenvalue weighted by Gasteiger charge is 2.36. The maximum Gasteiger partial charge on any atom is 0.253 e. The number of fused-ring (bicyclic) bond motifs is 1. The van der Waals surface area contributed by atoms with E-state index in [0.717, 1.165) is 16.9 Å². The first-order chi connectivity index (χ1) is 10.00. The summed E-state index contributed by atoms with van der Waals surface area (Å²) < 4.78 is 26.9. The minimum absolute atomic E-state index is 0.177. The summed E-state index contributed by atoms with van der Waals surface area (Å²) in [7, 11) is -3.68. The number of amides is 1. The van der Waals surface area contributed by atoms with E-state index in [4.69, 9.17) is 0 Å². The van der Waals surface area contributed by atoms with Crippen molar-refractivity contribution in [3.05, 3.63) is 47.3 Å².